The van der Waals surface area contributed by atoms with E-state index in [1.807, 2.05) is 20.8 Å². The molecule has 0 bridgehead atoms. The van der Waals surface area contributed by atoms with Crippen molar-refractivity contribution >= 4 is 15.9 Å². The Morgan fingerprint density at radius 2 is 1.90 bits per heavy atom. The Labute approximate surface area is 120 Å². The van der Waals surface area contributed by atoms with Crippen LogP contribution in [-0.2, 0) is 14.6 Å². The number of sulfone groups is 1. The summed E-state index contributed by atoms with van der Waals surface area (Å²) in [5.41, 5.74) is -0.527. The van der Waals surface area contributed by atoms with Crippen molar-refractivity contribution in [3.05, 3.63) is 0 Å². The van der Waals surface area contributed by atoms with Crippen LogP contribution >= 0.6 is 0 Å². The van der Waals surface area contributed by atoms with Crippen LogP contribution in [0.5, 0.6) is 0 Å². The molecule has 0 aliphatic carbocycles. The summed E-state index contributed by atoms with van der Waals surface area (Å²) in [6.45, 7) is 6.98. The first-order valence-corrected chi connectivity index (χ1v) is 8.83. The number of nitrogens with zero attached hydrogens (tertiary/aromatic N) is 1. The van der Waals surface area contributed by atoms with E-state index in [1.165, 1.54) is 0 Å². The van der Waals surface area contributed by atoms with Crippen LogP contribution in [0.1, 0.15) is 33.6 Å². The number of rotatable bonds is 0. The molecule has 0 aromatic carbocycles. The molecule has 2 aliphatic heterocycles. The van der Waals surface area contributed by atoms with Gasteiger partial charge in [-0.05, 0) is 33.6 Å². The maximum Gasteiger partial charge on any atom is 0.410 e. The molecule has 20 heavy (non-hydrogen) atoms. The largest absolute Gasteiger partial charge is 0.444 e. The topological polar surface area (TPSA) is 75.7 Å². The van der Waals surface area contributed by atoms with Gasteiger partial charge in [-0.1, -0.05) is 0 Å². The first-order valence-electron chi connectivity index (χ1n) is 7.12. The lowest BCUT2D eigenvalue weighted by molar-refractivity contribution is 0.0256. The van der Waals surface area contributed by atoms with Crippen molar-refractivity contribution in [3.63, 3.8) is 0 Å². The molecule has 0 radical (unpaired) electrons. The molecule has 7 heteroatoms. The van der Waals surface area contributed by atoms with Crippen LogP contribution < -0.4 is 5.32 Å². The molecule has 116 valence electrons. The number of hydrogen-bond acceptors (Lipinski definition) is 5. The number of likely N-dealkylation sites (tertiary alicyclic amines) is 1. The molecule has 0 aromatic heterocycles. The third-order valence-electron chi connectivity index (χ3n) is 3.75. The Balaban J connectivity index is 2.03. The number of carbonyl (C=O) groups excluding carboxylic acids is 1. The van der Waals surface area contributed by atoms with Crippen LogP contribution in [0.15, 0.2) is 0 Å². The van der Waals surface area contributed by atoms with Gasteiger partial charge in [-0.25, -0.2) is 13.2 Å². The van der Waals surface area contributed by atoms with E-state index in [-0.39, 0.29) is 23.1 Å². The predicted octanol–water partition coefficient (Wildman–Crippen LogP) is 0.773. The maximum absolute atomic E-state index is 12.1. The lowest BCUT2D eigenvalue weighted by Gasteiger charge is -2.30. The lowest BCUT2D eigenvalue weighted by Crippen LogP contribution is -2.52. The average molecular weight is 304 g/mol. The third kappa shape index (κ3) is 3.63. The summed E-state index contributed by atoms with van der Waals surface area (Å²) in [7, 11) is -3.03. The molecular formula is C13H24N2O4S. The average Bonchev–Trinajstić information content (AvgIpc) is 2.49. The maximum atomic E-state index is 12.1. The van der Waals surface area contributed by atoms with Gasteiger partial charge in [-0.15, -0.1) is 0 Å². The van der Waals surface area contributed by atoms with E-state index in [0.717, 1.165) is 0 Å². The minimum absolute atomic E-state index is 0.0406. The zero-order valence-electron chi connectivity index (χ0n) is 12.4. The predicted molar refractivity (Wildman–Crippen MR) is 76.4 cm³/mol. The van der Waals surface area contributed by atoms with E-state index in [0.29, 0.717) is 32.5 Å². The fourth-order valence-electron chi connectivity index (χ4n) is 2.79. The fraction of sp³-hybridized carbons (Fsp3) is 0.923. The van der Waals surface area contributed by atoms with Crippen LogP contribution in [0.2, 0.25) is 0 Å². The number of hydrogen-bond donors (Lipinski definition) is 1. The Kier molecular flexibility index (Phi) is 4.30. The monoisotopic (exact) mass is 304 g/mol. The first kappa shape index (κ1) is 15.6. The molecule has 6 nitrogen and oxygen atoms in total. The van der Waals surface area contributed by atoms with Crippen molar-refractivity contribution in [1.82, 2.24) is 10.2 Å². The van der Waals surface area contributed by atoms with Crippen LogP contribution in [0.4, 0.5) is 4.79 Å². The minimum Gasteiger partial charge on any atom is -0.444 e. The highest BCUT2D eigenvalue weighted by Gasteiger charge is 2.39. The molecule has 2 atom stereocenters. The molecule has 2 saturated heterocycles. The molecule has 2 heterocycles. The van der Waals surface area contributed by atoms with Gasteiger partial charge < -0.3 is 15.0 Å². The number of carbonyl (C=O) groups is 1. The van der Waals surface area contributed by atoms with Gasteiger partial charge in [-0.2, -0.15) is 0 Å². The second-order valence-corrected chi connectivity index (χ2v) is 8.85. The van der Waals surface area contributed by atoms with Crippen molar-refractivity contribution in [2.75, 3.05) is 25.4 Å². The zero-order chi connectivity index (χ0) is 15.0. The smallest absolute Gasteiger partial charge is 0.410 e. The molecule has 1 N–H and O–H groups in total. The van der Waals surface area contributed by atoms with E-state index in [2.05, 4.69) is 5.32 Å². The standard InChI is InChI=1S/C13H24N2O4S/c1-13(2,3)19-12(16)15-7-4-10-11(5-8-15)20(17,18)9-6-14-10/h10-11,14H,4-9H2,1-3H3/t10-,11+/m0/s1. The second-order valence-electron chi connectivity index (χ2n) is 6.51. The van der Waals surface area contributed by atoms with Crippen molar-refractivity contribution in [2.45, 2.75) is 50.5 Å². The summed E-state index contributed by atoms with van der Waals surface area (Å²) in [6.07, 6.45) is 0.788. The number of fused-ring (bicyclic) bond motifs is 1. The number of amides is 1. The fourth-order valence-corrected chi connectivity index (χ4v) is 4.69. The summed E-state index contributed by atoms with van der Waals surface area (Å²) in [4.78, 5) is 13.7. The Bertz CT molecular complexity index is 469. The summed E-state index contributed by atoms with van der Waals surface area (Å²) in [5, 5.41) is 2.89. The van der Waals surface area contributed by atoms with Crippen molar-refractivity contribution < 1.29 is 17.9 Å². The van der Waals surface area contributed by atoms with E-state index in [1.54, 1.807) is 4.90 Å². The van der Waals surface area contributed by atoms with Crippen LogP contribution in [0.3, 0.4) is 0 Å². The van der Waals surface area contributed by atoms with Crippen molar-refractivity contribution in [1.29, 1.82) is 0 Å². The van der Waals surface area contributed by atoms with E-state index in [9.17, 15) is 13.2 Å². The highest BCUT2D eigenvalue weighted by Crippen LogP contribution is 2.23. The highest BCUT2D eigenvalue weighted by atomic mass is 32.2. The molecule has 2 rings (SSSR count). The minimum atomic E-state index is -3.03. The molecule has 2 aliphatic rings. The quantitative estimate of drug-likeness (QED) is 0.715. The van der Waals surface area contributed by atoms with Gasteiger partial charge in [0.15, 0.2) is 9.84 Å². The highest BCUT2D eigenvalue weighted by molar-refractivity contribution is 7.92. The SMILES string of the molecule is CC(C)(C)OC(=O)N1CC[C@@H]2NCCS(=O)(=O)[C@@H]2CC1. The zero-order valence-corrected chi connectivity index (χ0v) is 13.2. The third-order valence-corrected chi connectivity index (χ3v) is 6.01. The van der Waals surface area contributed by atoms with Crippen LogP contribution in [0, 0.1) is 0 Å². The Morgan fingerprint density at radius 3 is 2.55 bits per heavy atom. The van der Waals surface area contributed by atoms with Gasteiger partial charge in [0, 0.05) is 25.7 Å². The molecule has 0 unspecified atom stereocenters. The lowest BCUT2D eigenvalue weighted by atomic mass is 10.1. The van der Waals surface area contributed by atoms with Crippen molar-refractivity contribution in [2.24, 2.45) is 0 Å². The molecule has 0 aromatic rings. The summed E-state index contributed by atoms with van der Waals surface area (Å²) >= 11 is 0. The molecule has 0 spiro atoms. The normalized spacial score (nSPS) is 30.2. The van der Waals surface area contributed by atoms with Gasteiger partial charge in [0.05, 0.1) is 11.0 Å². The van der Waals surface area contributed by atoms with E-state index < -0.39 is 15.4 Å². The van der Waals surface area contributed by atoms with E-state index >= 15 is 0 Å². The molecular weight excluding hydrogens is 280 g/mol. The van der Waals surface area contributed by atoms with Crippen LogP contribution in [0.25, 0.3) is 0 Å². The summed E-state index contributed by atoms with van der Waals surface area (Å²) in [5.74, 6) is 0.195. The van der Waals surface area contributed by atoms with E-state index in [4.69, 9.17) is 4.74 Å². The first-order chi connectivity index (χ1) is 9.19. The Hall–Kier alpha value is -0.820. The van der Waals surface area contributed by atoms with Gasteiger partial charge in [0.1, 0.15) is 5.60 Å². The van der Waals surface area contributed by atoms with Crippen LogP contribution in [-0.4, -0.2) is 61.7 Å². The Morgan fingerprint density at radius 1 is 1.25 bits per heavy atom. The van der Waals surface area contributed by atoms with Gasteiger partial charge >= 0.3 is 6.09 Å². The second kappa shape index (κ2) is 5.52. The summed E-state index contributed by atoms with van der Waals surface area (Å²) in [6, 6.07) is -0.0406. The van der Waals surface area contributed by atoms with Crippen molar-refractivity contribution in [3.8, 4) is 0 Å². The van der Waals surface area contributed by atoms with Gasteiger partial charge in [-0.3, -0.25) is 0 Å². The molecule has 0 saturated carbocycles. The van der Waals surface area contributed by atoms with Gasteiger partial charge in [0.2, 0.25) is 0 Å². The van der Waals surface area contributed by atoms with Gasteiger partial charge in [0.25, 0.3) is 0 Å². The molecule has 2 fully saturated rings. The number of ether oxygens (including phenoxy) is 1. The number of nitrogens with one attached hydrogen (secondary N) is 1. The molecule has 1 amide bonds. The summed E-state index contributed by atoms with van der Waals surface area (Å²) < 4.78 is 29.6.